The van der Waals surface area contributed by atoms with Gasteiger partial charge in [0, 0.05) is 12.8 Å². The molecule has 1 aromatic rings. The van der Waals surface area contributed by atoms with Crippen molar-refractivity contribution in [3.05, 3.63) is 11.9 Å². The lowest BCUT2D eigenvalue weighted by Crippen LogP contribution is -2.59. The number of amides is 3. The zero-order valence-corrected chi connectivity index (χ0v) is 31.6. The van der Waals surface area contributed by atoms with Crippen molar-refractivity contribution in [2.24, 2.45) is 0 Å². The highest BCUT2D eigenvalue weighted by Crippen LogP contribution is 2.22. The second kappa shape index (κ2) is 26.9. The standard InChI is InChI=1S/C35H60N6O14/c1-2-3-4-5-6-7-8-9-10-11-12-13-27(43)37-25(34(52)38-24(14-15-28(44)45)33(51)36-18-29(46)47)22-53-21-23-19-41(40-39-23)16-17-54-35-32(50)31(49)30(48)26(20-42)55-35/h19,24-26,30-32,35,42,48-50H,2-18,20-22H2,1H3,(H,36,51)(H,37,43)(H,38,52)(H,44,45)(H,46,47)/t24-,25-,26?,30+,31-,32?,35+/m0/s1. The van der Waals surface area contributed by atoms with Crippen LogP contribution in [0.1, 0.15) is 103 Å². The minimum Gasteiger partial charge on any atom is -0.481 e. The molecular formula is C35H60N6O14. The van der Waals surface area contributed by atoms with Crippen LogP contribution < -0.4 is 16.0 Å². The molecule has 20 heteroatoms. The lowest BCUT2D eigenvalue weighted by Gasteiger charge is -2.39. The number of nitrogens with zero attached hydrogens (tertiary/aromatic N) is 3. The van der Waals surface area contributed by atoms with Gasteiger partial charge < -0.3 is 60.8 Å². The second-order valence-electron chi connectivity index (χ2n) is 13.6. The number of carboxylic acid groups (broad SMARTS) is 2. The Morgan fingerprint density at radius 1 is 0.836 bits per heavy atom. The maximum atomic E-state index is 13.4. The predicted octanol–water partition coefficient (Wildman–Crippen LogP) is -0.652. The molecule has 1 aromatic heterocycles. The molecule has 20 nitrogen and oxygen atoms in total. The summed E-state index contributed by atoms with van der Waals surface area (Å²) in [5.74, 6) is -4.75. The summed E-state index contributed by atoms with van der Waals surface area (Å²) in [6.07, 6.45) is 5.77. The van der Waals surface area contributed by atoms with Gasteiger partial charge in [-0.15, -0.1) is 5.10 Å². The van der Waals surface area contributed by atoms with Gasteiger partial charge >= 0.3 is 11.9 Å². The predicted molar refractivity (Wildman–Crippen MR) is 192 cm³/mol. The van der Waals surface area contributed by atoms with Gasteiger partial charge in [-0.1, -0.05) is 76.3 Å². The molecule has 0 bridgehead atoms. The van der Waals surface area contributed by atoms with Crippen molar-refractivity contribution in [1.29, 1.82) is 0 Å². The van der Waals surface area contributed by atoms with E-state index in [0.29, 0.717) is 12.1 Å². The molecule has 0 aromatic carbocycles. The van der Waals surface area contributed by atoms with E-state index in [2.05, 4.69) is 33.2 Å². The summed E-state index contributed by atoms with van der Waals surface area (Å²) in [6, 6.07) is -2.71. The minimum atomic E-state index is -1.59. The Morgan fingerprint density at radius 3 is 2.11 bits per heavy atom. The molecule has 7 atom stereocenters. The SMILES string of the molecule is CCCCCCCCCCCCCC(=O)N[C@@H](COCc1cn(CCO[C@@H]2OC(CO)[C@@H](O)[C@H](O)C2O)nn1)C(=O)N[C@@H](CCC(=O)O)C(=O)NCC(=O)O. The van der Waals surface area contributed by atoms with E-state index in [1.807, 2.05) is 0 Å². The number of aliphatic hydroxyl groups excluding tert-OH is 4. The number of aromatic nitrogens is 3. The molecule has 0 saturated carbocycles. The largest absolute Gasteiger partial charge is 0.481 e. The zero-order chi connectivity index (χ0) is 40.6. The summed E-state index contributed by atoms with van der Waals surface area (Å²) in [7, 11) is 0. The fourth-order valence-corrected chi connectivity index (χ4v) is 5.76. The van der Waals surface area contributed by atoms with Crippen molar-refractivity contribution < 1.29 is 68.8 Å². The van der Waals surface area contributed by atoms with E-state index in [0.717, 1.165) is 25.7 Å². The molecule has 2 heterocycles. The fourth-order valence-electron chi connectivity index (χ4n) is 5.76. The summed E-state index contributed by atoms with van der Waals surface area (Å²) in [4.78, 5) is 61.0. The average molecular weight is 789 g/mol. The Kier molecular flexibility index (Phi) is 23.2. The van der Waals surface area contributed by atoms with Gasteiger partial charge in [-0.2, -0.15) is 0 Å². The molecule has 9 N–H and O–H groups in total. The number of carboxylic acids is 2. The van der Waals surface area contributed by atoms with E-state index in [-0.39, 0.29) is 39.2 Å². The first-order valence-electron chi connectivity index (χ1n) is 19.1. The third kappa shape index (κ3) is 19.1. The van der Waals surface area contributed by atoms with E-state index < -0.39 is 92.0 Å². The van der Waals surface area contributed by atoms with Gasteiger partial charge in [0.1, 0.15) is 48.7 Å². The Morgan fingerprint density at radius 2 is 1.49 bits per heavy atom. The Hall–Kier alpha value is -3.79. The maximum absolute atomic E-state index is 13.4. The first-order chi connectivity index (χ1) is 26.4. The number of hydrogen-bond acceptors (Lipinski definition) is 14. The number of aliphatic carboxylic acids is 2. The van der Waals surface area contributed by atoms with Crippen molar-refractivity contribution in [2.45, 2.75) is 153 Å². The number of carbonyl (C=O) groups excluding carboxylic acids is 3. The number of rotatable bonds is 30. The normalized spacial score (nSPS) is 20.7. The molecular weight excluding hydrogens is 728 g/mol. The van der Waals surface area contributed by atoms with Crippen LogP contribution in [0.25, 0.3) is 0 Å². The quantitative estimate of drug-likeness (QED) is 0.0438. The van der Waals surface area contributed by atoms with Gasteiger partial charge in [0.05, 0.1) is 39.2 Å². The smallest absolute Gasteiger partial charge is 0.322 e. The van der Waals surface area contributed by atoms with Crippen LogP contribution >= 0.6 is 0 Å². The van der Waals surface area contributed by atoms with Crippen LogP contribution in [0.3, 0.4) is 0 Å². The summed E-state index contributed by atoms with van der Waals surface area (Å²) in [5.41, 5.74) is 0.326. The molecule has 314 valence electrons. The van der Waals surface area contributed by atoms with Gasteiger partial charge in [-0.3, -0.25) is 24.0 Å². The summed E-state index contributed by atoms with van der Waals surface area (Å²) in [6.45, 7) is 0.360. The minimum absolute atomic E-state index is 0.0666. The number of aliphatic hydroxyl groups is 4. The molecule has 0 aliphatic carbocycles. The molecule has 1 saturated heterocycles. The van der Waals surface area contributed by atoms with Crippen molar-refractivity contribution >= 4 is 29.7 Å². The van der Waals surface area contributed by atoms with Crippen molar-refractivity contribution in [3.8, 4) is 0 Å². The van der Waals surface area contributed by atoms with Crippen LogP contribution in [0.15, 0.2) is 6.20 Å². The van der Waals surface area contributed by atoms with Gasteiger partial charge in [0.15, 0.2) is 6.29 Å². The van der Waals surface area contributed by atoms with E-state index in [1.165, 1.54) is 49.4 Å². The lowest BCUT2D eigenvalue weighted by atomic mass is 9.99. The van der Waals surface area contributed by atoms with Crippen molar-refractivity contribution in [3.63, 3.8) is 0 Å². The molecule has 1 fully saturated rings. The maximum Gasteiger partial charge on any atom is 0.322 e. The number of nitrogens with one attached hydrogen (secondary N) is 3. The zero-order valence-electron chi connectivity index (χ0n) is 31.6. The summed E-state index contributed by atoms with van der Waals surface area (Å²) >= 11 is 0. The summed E-state index contributed by atoms with van der Waals surface area (Å²) < 4.78 is 17.8. The monoisotopic (exact) mass is 788 g/mol. The first kappa shape index (κ1) is 47.4. The Bertz CT molecular complexity index is 1300. The molecule has 55 heavy (non-hydrogen) atoms. The van der Waals surface area contributed by atoms with Crippen LogP contribution in [0.5, 0.6) is 0 Å². The topological polar surface area (TPSA) is 301 Å². The highest BCUT2D eigenvalue weighted by molar-refractivity contribution is 5.93. The number of hydrogen-bond donors (Lipinski definition) is 9. The van der Waals surface area contributed by atoms with E-state index in [1.54, 1.807) is 0 Å². The molecule has 0 radical (unpaired) electrons. The van der Waals surface area contributed by atoms with E-state index in [4.69, 9.17) is 24.4 Å². The highest BCUT2D eigenvalue weighted by Gasteiger charge is 2.44. The molecule has 1 aliphatic rings. The van der Waals surface area contributed by atoms with Crippen molar-refractivity contribution in [1.82, 2.24) is 30.9 Å². The first-order valence-corrected chi connectivity index (χ1v) is 19.1. The second-order valence-corrected chi connectivity index (χ2v) is 13.6. The van der Waals surface area contributed by atoms with E-state index >= 15 is 0 Å². The Labute approximate surface area is 320 Å². The lowest BCUT2D eigenvalue weighted by molar-refractivity contribution is -0.301. The number of carbonyl (C=O) groups is 5. The van der Waals surface area contributed by atoms with Gasteiger partial charge in [0.2, 0.25) is 17.7 Å². The number of unbranched alkanes of at least 4 members (excludes halogenated alkanes) is 10. The van der Waals surface area contributed by atoms with Crippen LogP contribution in [0.4, 0.5) is 0 Å². The van der Waals surface area contributed by atoms with Gasteiger partial charge in [-0.25, -0.2) is 4.68 Å². The Balaban J connectivity index is 1.93. The molecule has 2 rings (SSSR count). The van der Waals surface area contributed by atoms with Gasteiger partial charge in [0.25, 0.3) is 0 Å². The molecule has 2 unspecified atom stereocenters. The fraction of sp³-hybridized carbons (Fsp3) is 0.800. The molecule has 3 amide bonds. The summed E-state index contributed by atoms with van der Waals surface area (Å²) in [5, 5.41) is 72.5. The van der Waals surface area contributed by atoms with Crippen LogP contribution in [-0.2, 0) is 51.3 Å². The van der Waals surface area contributed by atoms with Crippen LogP contribution in [-0.4, -0.2) is 144 Å². The van der Waals surface area contributed by atoms with Crippen molar-refractivity contribution in [2.75, 3.05) is 26.4 Å². The highest BCUT2D eigenvalue weighted by atomic mass is 16.7. The third-order valence-electron chi connectivity index (χ3n) is 8.92. The third-order valence-corrected chi connectivity index (χ3v) is 8.92. The molecule has 0 spiro atoms. The van der Waals surface area contributed by atoms with Crippen LogP contribution in [0.2, 0.25) is 0 Å². The van der Waals surface area contributed by atoms with Gasteiger partial charge in [-0.05, 0) is 12.8 Å². The van der Waals surface area contributed by atoms with E-state index in [9.17, 15) is 44.4 Å². The number of ether oxygens (including phenoxy) is 3. The van der Waals surface area contributed by atoms with Crippen LogP contribution in [0, 0.1) is 0 Å². The molecule has 1 aliphatic heterocycles. The average Bonchev–Trinajstić information content (AvgIpc) is 3.61.